The van der Waals surface area contributed by atoms with Gasteiger partial charge in [-0.15, -0.1) is 22.7 Å². The molecule has 27 heavy (non-hydrogen) atoms. The molecule has 8 unspecified atom stereocenters. The molecule has 0 radical (unpaired) electrons. The molecule has 8 atom stereocenters. The first-order valence-corrected chi connectivity index (χ1v) is 11.4. The number of fused-ring (bicyclic) bond motifs is 1. The Hall–Kier alpha value is -1.47. The maximum atomic E-state index is 13.5. The molecule has 136 valence electrons. The third kappa shape index (κ3) is 1.10. The third-order valence-electron chi connectivity index (χ3n) is 8.95. The Morgan fingerprint density at radius 3 is 2.59 bits per heavy atom. The largest absolute Gasteiger partial charge is 0.455 e. The summed E-state index contributed by atoms with van der Waals surface area (Å²) in [5.41, 5.74) is 0.0459. The van der Waals surface area contributed by atoms with Gasteiger partial charge in [0.15, 0.2) is 0 Å². The van der Waals surface area contributed by atoms with Crippen molar-refractivity contribution in [3.8, 4) is 0 Å². The maximum absolute atomic E-state index is 13.5. The van der Waals surface area contributed by atoms with Crippen molar-refractivity contribution in [2.24, 2.45) is 17.3 Å². The average Bonchev–Trinajstić information content (AvgIpc) is 3.10. The van der Waals surface area contributed by atoms with Crippen LogP contribution >= 0.6 is 22.7 Å². The minimum Gasteiger partial charge on any atom is -0.455 e. The number of rotatable bonds is 4. The van der Waals surface area contributed by atoms with Gasteiger partial charge in [-0.1, -0.05) is 12.1 Å². The number of thiophene rings is 2. The summed E-state index contributed by atoms with van der Waals surface area (Å²) in [6.45, 7) is 0. The number of carbonyl (C=O) groups excluding carboxylic acids is 1. The molecule has 4 nitrogen and oxygen atoms in total. The molecule has 8 rings (SSSR count). The average molecular weight is 397 g/mol. The molecule has 1 N–H and O–H groups in total. The molecule has 2 aromatic heterocycles. The van der Waals surface area contributed by atoms with Crippen molar-refractivity contribution in [3.63, 3.8) is 0 Å². The van der Waals surface area contributed by atoms with Gasteiger partial charge in [0.05, 0.1) is 22.7 Å². The van der Waals surface area contributed by atoms with Crippen LogP contribution in [0.2, 0.25) is 0 Å². The van der Waals surface area contributed by atoms with Crippen molar-refractivity contribution in [3.05, 3.63) is 56.4 Å². The fourth-order valence-corrected chi connectivity index (χ4v) is 9.93. The summed E-state index contributed by atoms with van der Waals surface area (Å²) in [6.07, 6.45) is 3.43. The Kier molecular flexibility index (Phi) is 1.99. The first-order valence-electron chi connectivity index (χ1n) is 9.63. The van der Waals surface area contributed by atoms with Crippen LogP contribution in [0, 0.1) is 17.3 Å². The van der Waals surface area contributed by atoms with Gasteiger partial charge in [-0.05, 0) is 29.0 Å². The number of esters is 1. The second-order valence-electron chi connectivity index (χ2n) is 9.41. The molecule has 3 aliphatic carbocycles. The zero-order chi connectivity index (χ0) is 18.0. The van der Waals surface area contributed by atoms with Crippen molar-refractivity contribution < 1.29 is 19.1 Å². The molecule has 2 aromatic rings. The summed E-state index contributed by atoms with van der Waals surface area (Å²) in [5, 5.41) is 15.4. The van der Waals surface area contributed by atoms with Gasteiger partial charge in [-0.25, -0.2) is 4.79 Å². The number of piperidine rings is 2. The number of quaternary nitrogens is 1. The van der Waals surface area contributed by atoms with Gasteiger partial charge in [0.2, 0.25) is 5.60 Å². The van der Waals surface area contributed by atoms with Crippen LogP contribution in [0.25, 0.3) is 0 Å². The number of hydrogen-bond acceptors (Lipinski definition) is 5. The predicted octanol–water partition coefficient (Wildman–Crippen LogP) is 2.50. The van der Waals surface area contributed by atoms with E-state index in [0.29, 0.717) is 39.1 Å². The Morgan fingerprint density at radius 2 is 2.00 bits per heavy atom. The van der Waals surface area contributed by atoms with E-state index in [1.165, 1.54) is 27.2 Å². The SMILES string of the molecule is C[N+]12C3C=C4C1C41C4C(C12)C4(OC(=O)C(O)(c1cccs1)c1cccs1)C3. The number of nitrogens with zero attached hydrogens (tertiary/aromatic N) is 1. The summed E-state index contributed by atoms with van der Waals surface area (Å²) in [4.78, 5) is 14.8. The molecule has 1 spiro atoms. The summed E-state index contributed by atoms with van der Waals surface area (Å²) >= 11 is 2.82. The van der Waals surface area contributed by atoms with Gasteiger partial charge in [0, 0.05) is 17.9 Å². The molecule has 5 fully saturated rings. The molecule has 6 aliphatic rings. The fraction of sp³-hybridized carbons (Fsp3) is 0.476. The van der Waals surface area contributed by atoms with E-state index in [2.05, 4.69) is 13.1 Å². The topological polar surface area (TPSA) is 46.5 Å². The van der Waals surface area contributed by atoms with Crippen LogP contribution in [0.3, 0.4) is 0 Å². The second kappa shape index (κ2) is 3.71. The molecule has 5 heterocycles. The van der Waals surface area contributed by atoms with Gasteiger partial charge in [0.25, 0.3) is 0 Å². The molecule has 3 saturated carbocycles. The van der Waals surface area contributed by atoms with Gasteiger partial charge < -0.3 is 14.3 Å². The quantitative estimate of drug-likeness (QED) is 0.491. The van der Waals surface area contributed by atoms with Gasteiger partial charge >= 0.3 is 5.97 Å². The first-order chi connectivity index (χ1) is 13.0. The van der Waals surface area contributed by atoms with Crippen molar-refractivity contribution in [2.45, 2.75) is 35.7 Å². The zero-order valence-corrected chi connectivity index (χ0v) is 16.3. The van der Waals surface area contributed by atoms with Crippen molar-refractivity contribution >= 4 is 28.6 Å². The van der Waals surface area contributed by atoms with Gasteiger partial charge in [0.1, 0.15) is 29.1 Å². The molecule has 0 bridgehead atoms. The van der Waals surface area contributed by atoms with Gasteiger partial charge in [-0.3, -0.25) is 0 Å². The Balaban J connectivity index is 1.20. The first kappa shape index (κ1) is 14.5. The highest BCUT2D eigenvalue weighted by Crippen LogP contribution is 3.00. The van der Waals surface area contributed by atoms with Gasteiger partial charge in [-0.2, -0.15) is 0 Å². The monoisotopic (exact) mass is 396 g/mol. The summed E-state index contributed by atoms with van der Waals surface area (Å²) in [5.74, 6) is 0.555. The third-order valence-corrected chi connectivity index (χ3v) is 10.9. The summed E-state index contributed by atoms with van der Waals surface area (Å²) in [7, 11) is 2.41. The van der Waals surface area contributed by atoms with Crippen LogP contribution in [0.5, 0.6) is 0 Å². The van der Waals surface area contributed by atoms with E-state index in [-0.39, 0.29) is 5.60 Å². The summed E-state index contributed by atoms with van der Waals surface area (Å²) in [6, 6.07) is 9.33. The highest BCUT2D eigenvalue weighted by molar-refractivity contribution is 7.12. The highest BCUT2D eigenvalue weighted by Gasteiger charge is 3.13. The smallest absolute Gasteiger partial charge is 0.350 e. The lowest BCUT2D eigenvalue weighted by molar-refractivity contribution is -1.01. The highest BCUT2D eigenvalue weighted by atomic mass is 32.1. The van der Waals surface area contributed by atoms with E-state index in [9.17, 15) is 9.90 Å². The van der Waals surface area contributed by atoms with E-state index < -0.39 is 11.6 Å². The standard InChI is InChI=1S/C21H18NO3S2/c1-22-10-8-11-16(22)20(11)15-14(17(20)22)19(15,9-10)25-18(23)21(24,12-4-2-6-26-12)13-5-3-7-27-13/h2-8,10,14-17,24H,9H2,1H3/q+1. The second-order valence-corrected chi connectivity index (χ2v) is 11.3. The lowest BCUT2D eigenvalue weighted by atomic mass is 9.64. The van der Waals surface area contributed by atoms with E-state index in [1.807, 2.05) is 35.0 Å². The van der Waals surface area contributed by atoms with Crippen LogP contribution in [0.15, 0.2) is 46.7 Å². The molecule has 2 saturated heterocycles. The minimum atomic E-state index is -1.69. The lowest BCUT2D eigenvalue weighted by Gasteiger charge is -2.62. The van der Waals surface area contributed by atoms with E-state index in [0.717, 1.165) is 12.5 Å². The molecule has 3 aliphatic heterocycles. The van der Waals surface area contributed by atoms with Crippen LogP contribution in [-0.2, 0) is 15.1 Å². The van der Waals surface area contributed by atoms with Crippen LogP contribution in [-0.4, -0.2) is 46.3 Å². The number of aliphatic hydroxyl groups is 1. The van der Waals surface area contributed by atoms with E-state index in [1.54, 1.807) is 5.57 Å². The van der Waals surface area contributed by atoms with Crippen molar-refractivity contribution in [2.75, 3.05) is 7.05 Å². The van der Waals surface area contributed by atoms with Crippen LogP contribution in [0.1, 0.15) is 16.2 Å². The molecule has 0 aromatic carbocycles. The Bertz CT molecular complexity index is 1060. The minimum absolute atomic E-state index is 0.323. The molecule has 0 amide bonds. The number of likely N-dealkylation sites (N-methyl/N-ethyl adjacent to an activating group) is 1. The molecular weight excluding hydrogens is 378 g/mol. The normalized spacial score (nSPS) is 50.9. The molecular formula is C21H18NO3S2+. The zero-order valence-electron chi connectivity index (χ0n) is 14.7. The molecule has 6 heteroatoms. The van der Waals surface area contributed by atoms with Crippen molar-refractivity contribution in [1.29, 1.82) is 0 Å². The fourth-order valence-electron chi connectivity index (χ4n) is 8.21. The number of ether oxygens (including phenoxy) is 1. The number of carbonyl (C=O) groups is 1. The number of hydrogen-bond donors (Lipinski definition) is 1. The van der Waals surface area contributed by atoms with Crippen LogP contribution in [0.4, 0.5) is 0 Å². The maximum Gasteiger partial charge on any atom is 0.350 e. The predicted molar refractivity (Wildman–Crippen MR) is 100 cm³/mol. The van der Waals surface area contributed by atoms with E-state index >= 15 is 0 Å². The van der Waals surface area contributed by atoms with Crippen LogP contribution < -0.4 is 0 Å². The Morgan fingerprint density at radius 1 is 1.30 bits per heavy atom. The lowest BCUT2D eigenvalue weighted by Crippen LogP contribution is -2.78. The van der Waals surface area contributed by atoms with E-state index in [4.69, 9.17) is 4.74 Å². The summed E-state index contributed by atoms with van der Waals surface area (Å²) < 4.78 is 7.52. The van der Waals surface area contributed by atoms with Crippen molar-refractivity contribution in [1.82, 2.24) is 0 Å². The Labute approximate surface area is 164 Å².